The van der Waals surface area contributed by atoms with Gasteiger partial charge in [0, 0.05) is 5.56 Å². The third-order valence-electron chi connectivity index (χ3n) is 5.30. The maximum atomic E-state index is 6.45. The lowest BCUT2D eigenvalue weighted by atomic mass is 9.99. The first kappa shape index (κ1) is 19.3. The Balaban J connectivity index is 1.63. The molecule has 7 heteroatoms. The van der Waals surface area contributed by atoms with Crippen LogP contribution in [0.3, 0.4) is 0 Å². The first-order valence-electron chi connectivity index (χ1n) is 9.69. The van der Waals surface area contributed by atoms with Crippen molar-refractivity contribution in [2.24, 2.45) is 5.73 Å². The summed E-state index contributed by atoms with van der Waals surface area (Å²) in [7, 11) is 3.17. The van der Waals surface area contributed by atoms with E-state index in [-0.39, 0.29) is 0 Å². The van der Waals surface area contributed by atoms with Gasteiger partial charge in [0.15, 0.2) is 17.3 Å². The van der Waals surface area contributed by atoms with Crippen LogP contribution in [0, 0.1) is 0 Å². The van der Waals surface area contributed by atoms with Crippen molar-refractivity contribution in [3.05, 3.63) is 53.9 Å². The van der Waals surface area contributed by atoms with E-state index in [1.54, 1.807) is 26.4 Å². The molecule has 0 amide bonds. The minimum absolute atomic E-state index is 0.378. The maximum absolute atomic E-state index is 6.45. The highest BCUT2D eigenvalue weighted by atomic mass is 16.5. The Morgan fingerprint density at radius 2 is 1.69 bits per heavy atom. The van der Waals surface area contributed by atoms with Crippen LogP contribution in [0.25, 0.3) is 11.5 Å². The first-order valence-corrected chi connectivity index (χ1v) is 9.69. The predicted molar refractivity (Wildman–Crippen MR) is 108 cm³/mol. The van der Waals surface area contributed by atoms with Gasteiger partial charge in [0.2, 0.25) is 5.75 Å². The predicted octanol–water partition coefficient (Wildman–Crippen LogP) is 4.06. The molecule has 0 saturated heterocycles. The number of nitrogens with zero attached hydrogens (tertiary/aromatic N) is 2. The summed E-state index contributed by atoms with van der Waals surface area (Å²) in [6.45, 7) is 0.396. The van der Waals surface area contributed by atoms with Gasteiger partial charge in [-0.05, 0) is 30.5 Å². The molecule has 7 nitrogen and oxygen atoms in total. The minimum atomic E-state index is -0.505. The molecule has 1 heterocycles. The van der Waals surface area contributed by atoms with Gasteiger partial charge in [-0.3, -0.25) is 0 Å². The standard InChI is InChI=1S/C22H25N3O4/c1-26-17-12-16(20-24-21(25-29-20)22(23)10-6-7-11-22)13-18(27-2)19(17)28-14-15-8-4-3-5-9-15/h3-5,8-9,12-13H,6-7,10-11,14,23H2,1-2H3. The zero-order chi connectivity index (χ0) is 20.3. The molecule has 2 N–H and O–H groups in total. The molecule has 4 rings (SSSR count). The van der Waals surface area contributed by atoms with Gasteiger partial charge >= 0.3 is 0 Å². The van der Waals surface area contributed by atoms with E-state index in [1.807, 2.05) is 30.3 Å². The second-order valence-corrected chi connectivity index (χ2v) is 7.27. The van der Waals surface area contributed by atoms with E-state index in [0.29, 0.717) is 41.1 Å². The molecular formula is C22H25N3O4. The summed E-state index contributed by atoms with van der Waals surface area (Å²) in [5.41, 5.74) is 7.68. The number of rotatable bonds is 7. The highest BCUT2D eigenvalue weighted by Gasteiger charge is 2.36. The SMILES string of the molecule is COc1cc(-c2nc(C3(N)CCCC3)no2)cc(OC)c1OCc1ccccc1. The van der Waals surface area contributed by atoms with E-state index in [1.165, 1.54) is 0 Å². The Labute approximate surface area is 169 Å². The van der Waals surface area contributed by atoms with Crippen molar-refractivity contribution in [2.75, 3.05) is 14.2 Å². The molecule has 0 atom stereocenters. The maximum Gasteiger partial charge on any atom is 0.258 e. The highest BCUT2D eigenvalue weighted by molar-refractivity contribution is 5.65. The third-order valence-corrected chi connectivity index (χ3v) is 5.30. The molecule has 1 aliphatic carbocycles. The summed E-state index contributed by atoms with van der Waals surface area (Å²) in [5, 5.41) is 4.13. The van der Waals surface area contributed by atoms with E-state index in [9.17, 15) is 0 Å². The zero-order valence-electron chi connectivity index (χ0n) is 16.7. The van der Waals surface area contributed by atoms with Crippen molar-refractivity contribution in [3.63, 3.8) is 0 Å². The van der Waals surface area contributed by atoms with Gasteiger partial charge in [0.25, 0.3) is 5.89 Å². The van der Waals surface area contributed by atoms with Crippen LogP contribution in [0.2, 0.25) is 0 Å². The molecule has 0 aliphatic heterocycles. The molecule has 1 fully saturated rings. The molecule has 29 heavy (non-hydrogen) atoms. The van der Waals surface area contributed by atoms with Gasteiger partial charge in [0.05, 0.1) is 19.8 Å². The summed E-state index contributed by atoms with van der Waals surface area (Å²) in [5.74, 6) is 2.50. The molecule has 2 aromatic carbocycles. The minimum Gasteiger partial charge on any atom is -0.493 e. The van der Waals surface area contributed by atoms with Crippen LogP contribution in [0.5, 0.6) is 17.2 Å². The van der Waals surface area contributed by atoms with E-state index in [4.69, 9.17) is 24.5 Å². The number of hydrogen-bond donors (Lipinski definition) is 1. The number of hydrogen-bond acceptors (Lipinski definition) is 7. The highest BCUT2D eigenvalue weighted by Crippen LogP contribution is 2.42. The van der Waals surface area contributed by atoms with Gasteiger partial charge in [-0.1, -0.05) is 48.3 Å². The first-order chi connectivity index (χ1) is 14.1. The summed E-state index contributed by atoms with van der Waals surface area (Å²) in [4.78, 5) is 4.55. The van der Waals surface area contributed by atoms with Crippen LogP contribution >= 0.6 is 0 Å². The van der Waals surface area contributed by atoms with E-state index in [0.717, 1.165) is 31.2 Å². The smallest absolute Gasteiger partial charge is 0.258 e. The van der Waals surface area contributed by atoms with Gasteiger partial charge in [0.1, 0.15) is 6.61 Å². The van der Waals surface area contributed by atoms with Crippen molar-refractivity contribution in [3.8, 4) is 28.7 Å². The quantitative estimate of drug-likeness (QED) is 0.645. The number of aromatic nitrogens is 2. The lowest BCUT2D eigenvalue weighted by Crippen LogP contribution is -2.34. The van der Waals surface area contributed by atoms with Gasteiger partial charge in [-0.2, -0.15) is 4.98 Å². The molecule has 1 saturated carbocycles. The van der Waals surface area contributed by atoms with Crippen LogP contribution in [0.4, 0.5) is 0 Å². The fourth-order valence-electron chi connectivity index (χ4n) is 3.65. The molecule has 0 bridgehead atoms. The van der Waals surface area contributed by atoms with Crippen molar-refractivity contribution >= 4 is 0 Å². The van der Waals surface area contributed by atoms with Crippen LogP contribution in [0.15, 0.2) is 47.0 Å². The summed E-state index contributed by atoms with van der Waals surface area (Å²) in [6, 6.07) is 13.5. The topological polar surface area (TPSA) is 92.6 Å². The van der Waals surface area contributed by atoms with Gasteiger partial charge in [-0.15, -0.1) is 0 Å². The molecule has 1 aliphatic rings. The fourth-order valence-corrected chi connectivity index (χ4v) is 3.65. The average molecular weight is 395 g/mol. The molecule has 0 radical (unpaired) electrons. The van der Waals surface area contributed by atoms with Crippen LogP contribution in [-0.2, 0) is 12.1 Å². The summed E-state index contributed by atoms with van der Waals surface area (Å²) in [6.07, 6.45) is 3.89. The Morgan fingerprint density at radius 1 is 1.03 bits per heavy atom. The van der Waals surface area contributed by atoms with E-state index in [2.05, 4.69) is 10.1 Å². The lowest BCUT2D eigenvalue weighted by Gasteiger charge is -2.17. The third kappa shape index (κ3) is 3.91. The number of benzene rings is 2. The van der Waals surface area contributed by atoms with E-state index >= 15 is 0 Å². The molecule has 0 spiro atoms. The number of methoxy groups -OCH3 is 2. The van der Waals surface area contributed by atoms with Crippen molar-refractivity contribution in [2.45, 2.75) is 37.8 Å². The molecule has 0 unspecified atom stereocenters. The van der Waals surface area contributed by atoms with E-state index < -0.39 is 5.54 Å². The van der Waals surface area contributed by atoms with Gasteiger partial charge in [-0.25, -0.2) is 0 Å². The second-order valence-electron chi connectivity index (χ2n) is 7.27. The molecular weight excluding hydrogens is 370 g/mol. The normalized spacial score (nSPS) is 15.3. The molecule has 1 aromatic heterocycles. The second kappa shape index (κ2) is 8.13. The average Bonchev–Trinajstić information content (AvgIpc) is 3.43. The number of nitrogens with two attached hydrogens (primary N) is 1. The molecule has 152 valence electrons. The van der Waals surface area contributed by atoms with Crippen LogP contribution < -0.4 is 19.9 Å². The Kier molecular flexibility index (Phi) is 5.40. The Hall–Kier alpha value is -3.06. The fraction of sp³-hybridized carbons (Fsp3) is 0.364. The monoisotopic (exact) mass is 395 g/mol. The van der Waals surface area contributed by atoms with Crippen LogP contribution in [-0.4, -0.2) is 24.4 Å². The Morgan fingerprint density at radius 3 is 2.31 bits per heavy atom. The van der Waals surface area contributed by atoms with Crippen molar-refractivity contribution in [1.29, 1.82) is 0 Å². The lowest BCUT2D eigenvalue weighted by molar-refractivity contribution is 0.266. The van der Waals surface area contributed by atoms with Crippen LogP contribution in [0.1, 0.15) is 37.1 Å². The Bertz CT molecular complexity index is 940. The number of ether oxygens (including phenoxy) is 3. The largest absolute Gasteiger partial charge is 0.493 e. The van der Waals surface area contributed by atoms with Gasteiger partial charge < -0.3 is 24.5 Å². The zero-order valence-corrected chi connectivity index (χ0v) is 16.7. The van der Waals surface area contributed by atoms with Crippen molar-refractivity contribution in [1.82, 2.24) is 10.1 Å². The summed E-state index contributed by atoms with van der Waals surface area (Å²) >= 11 is 0. The van der Waals surface area contributed by atoms with Crippen molar-refractivity contribution < 1.29 is 18.7 Å². The molecule has 3 aromatic rings. The summed E-state index contributed by atoms with van der Waals surface area (Å²) < 4.78 is 22.6.